The Kier molecular flexibility index (Phi) is 4.37. The van der Waals surface area contributed by atoms with E-state index in [1.807, 2.05) is 0 Å². The first-order chi connectivity index (χ1) is 9.41. The molecule has 1 aromatic rings. The Morgan fingerprint density at radius 3 is 2.75 bits per heavy atom. The van der Waals surface area contributed by atoms with Gasteiger partial charge < -0.3 is 15.0 Å². The smallest absolute Gasteiger partial charge is 0.394 e. The summed E-state index contributed by atoms with van der Waals surface area (Å²) in [6.45, 7) is 0.636. The fourth-order valence-corrected chi connectivity index (χ4v) is 2.21. The van der Waals surface area contributed by atoms with Crippen molar-refractivity contribution >= 4 is 5.69 Å². The number of alkyl halides is 3. The summed E-state index contributed by atoms with van der Waals surface area (Å²) in [5.74, 6) is -1.94. The van der Waals surface area contributed by atoms with E-state index < -0.39 is 17.9 Å². The highest BCUT2D eigenvalue weighted by molar-refractivity contribution is 5.51. The largest absolute Gasteiger partial charge is 0.494 e. The molecule has 1 heterocycles. The Balaban J connectivity index is 2.22. The molecule has 0 radical (unpaired) electrons. The van der Waals surface area contributed by atoms with Crippen molar-refractivity contribution < 1.29 is 22.3 Å². The Morgan fingerprint density at radius 1 is 1.35 bits per heavy atom. The molecule has 0 aliphatic carbocycles. The summed E-state index contributed by atoms with van der Waals surface area (Å²) in [6.07, 6.45) is -4.25. The van der Waals surface area contributed by atoms with E-state index in [0.29, 0.717) is 18.8 Å². The van der Waals surface area contributed by atoms with E-state index >= 15 is 0 Å². The van der Waals surface area contributed by atoms with Gasteiger partial charge in [0.05, 0.1) is 13.0 Å². The molecule has 0 bridgehead atoms. The highest BCUT2D eigenvalue weighted by Crippen LogP contribution is 2.30. The normalized spacial score (nSPS) is 20.6. The predicted molar refractivity (Wildman–Crippen MR) is 67.6 cm³/mol. The maximum atomic E-state index is 13.3. The summed E-state index contributed by atoms with van der Waals surface area (Å²) >= 11 is 0. The second kappa shape index (κ2) is 5.87. The van der Waals surface area contributed by atoms with Crippen LogP contribution in [-0.4, -0.2) is 39.5 Å². The van der Waals surface area contributed by atoms with E-state index in [-0.39, 0.29) is 18.8 Å². The molecule has 0 saturated carbocycles. The van der Waals surface area contributed by atoms with Crippen molar-refractivity contribution in [2.75, 3.05) is 38.2 Å². The van der Waals surface area contributed by atoms with Crippen molar-refractivity contribution in [3.8, 4) is 5.75 Å². The van der Waals surface area contributed by atoms with E-state index in [9.17, 15) is 17.6 Å². The summed E-state index contributed by atoms with van der Waals surface area (Å²) in [5, 5.41) is 2.78. The molecule has 0 amide bonds. The Morgan fingerprint density at radius 2 is 2.10 bits per heavy atom. The van der Waals surface area contributed by atoms with Crippen LogP contribution in [-0.2, 0) is 0 Å². The van der Waals surface area contributed by atoms with E-state index in [0.717, 1.165) is 0 Å². The molecule has 0 spiro atoms. The van der Waals surface area contributed by atoms with E-state index in [1.165, 1.54) is 25.3 Å². The number of methoxy groups -OCH3 is 1. The molecule has 1 aliphatic heterocycles. The van der Waals surface area contributed by atoms with Gasteiger partial charge >= 0.3 is 6.18 Å². The topological polar surface area (TPSA) is 24.5 Å². The lowest BCUT2D eigenvalue weighted by atomic mass is 10.1. The molecule has 1 unspecified atom stereocenters. The first-order valence-corrected chi connectivity index (χ1v) is 6.27. The predicted octanol–water partition coefficient (Wildman–Crippen LogP) is 2.42. The SMILES string of the molecule is COc1cc(N2CCNCC(C(F)(F)F)C2)ccc1F. The molecule has 3 nitrogen and oxygen atoms in total. The van der Waals surface area contributed by atoms with Crippen LogP contribution in [0.1, 0.15) is 0 Å². The second-order valence-electron chi connectivity index (χ2n) is 4.71. The Labute approximate surface area is 114 Å². The zero-order valence-electron chi connectivity index (χ0n) is 11.0. The number of rotatable bonds is 2. The number of hydrogen-bond donors (Lipinski definition) is 1. The summed E-state index contributed by atoms with van der Waals surface area (Å²) in [7, 11) is 1.32. The van der Waals surface area contributed by atoms with Gasteiger partial charge in [0, 0.05) is 37.9 Å². The number of ether oxygens (including phenoxy) is 1. The highest BCUT2D eigenvalue weighted by atomic mass is 19.4. The third-order valence-electron chi connectivity index (χ3n) is 3.35. The van der Waals surface area contributed by atoms with Crippen LogP contribution >= 0.6 is 0 Å². The van der Waals surface area contributed by atoms with Crippen molar-refractivity contribution in [3.05, 3.63) is 24.0 Å². The minimum atomic E-state index is -4.25. The summed E-state index contributed by atoms with van der Waals surface area (Å²) < 4.78 is 56.8. The van der Waals surface area contributed by atoms with Crippen LogP contribution in [0.5, 0.6) is 5.75 Å². The Hall–Kier alpha value is -1.50. The molecule has 1 N–H and O–H groups in total. The van der Waals surface area contributed by atoms with Crippen molar-refractivity contribution in [1.82, 2.24) is 5.32 Å². The maximum Gasteiger partial charge on any atom is 0.394 e. The van der Waals surface area contributed by atoms with Crippen LogP contribution in [0.3, 0.4) is 0 Å². The summed E-state index contributed by atoms with van der Waals surface area (Å²) in [5.41, 5.74) is 0.529. The number of hydrogen-bond acceptors (Lipinski definition) is 3. The molecule has 112 valence electrons. The van der Waals surface area contributed by atoms with Crippen molar-refractivity contribution in [1.29, 1.82) is 0 Å². The highest BCUT2D eigenvalue weighted by Gasteiger charge is 2.41. The van der Waals surface area contributed by atoms with Gasteiger partial charge in [-0.2, -0.15) is 13.2 Å². The van der Waals surface area contributed by atoms with Crippen LogP contribution in [0, 0.1) is 11.7 Å². The lowest BCUT2D eigenvalue weighted by Gasteiger charge is -2.27. The van der Waals surface area contributed by atoms with Gasteiger partial charge in [-0.1, -0.05) is 0 Å². The molecule has 1 aliphatic rings. The van der Waals surface area contributed by atoms with Gasteiger partial charge in [0.25, 0.3) is 0 Å². The average Bonchev–Trinajstić information content (AvgIpc) is 2.64. The van der Waals surface area contributed by atoms with Crippen molar-refractivity contribution in [2.24, 2.45) is 5.92 Å². The molecule has 1 saturated heterocycles. The molecule has 20 heavy (non-hydrogen) atoms. The number of benzene rings is 1. The number of nitrogens with one attached hydrogen (secondary N) is 1. The average molecular weight is 292 g/mol. The van der Waals surface area contributed by atoms with Gasteiger partial charge in [-0.25, -0.2) is 4.39 Å². The number of halogens is 4. The quantitative estimate of drug-likeness (QED) is 0.847. The second-order valence-corrected chi connectivity index (χ2v) is 4.71. The number of nitrogens with zero attached hydrogens (tertiary/aromatic N) is 1. The van der Waals surface area contributed by atoms with Gasteiger partial charge in [0.2, 0.25) is 0 Å². The van der Waals surface area contributed by atoms with E-state index in [2.05, 4.69) is 5.32 Å². The van der Waals surface area contributed by atoms with Crippen LogP contribution in [0.15, 0.2) is 18.2 Å². The Bertz CT molecular complexity index is 464. The van der Waals surface area contributed by atoms with Gasteiger partial charge in [0.1, 0.15) is 0 Å². The molecule has 7 heteroatoms. The molecule has 1 atom stereocenters. The first kappa shape index (κ1) is 14.9. The maximum absolute atomic E-state index is 13.3. The standard InChI is InChI=1S/C13H16F4N2O/c1-20-12-6-10(2-3-11(12)14)19-5-4-18-7-9(8-19)13(15,16)17/h2-3,6,9,18H,4-5,7-8H2,1H3. The molecular formula is C13H16F4N2O. The lowest BCUT2D eigenvalue weighted by molar-refractivity contribution is -0.169. The fraction of sp³-hybridized carbons (Fsp3) is 0.538. The zero-order valence-corrected chi connectivity index (χ0v) is 11.0. The van der Waals surface area contributed by atoms with Gasteiger partial charge in [0.15, 0.2) is 11.6 Å². The van der Waals surface area contributed by atoms with E-state index in [1.54, 1.807) is 4.90 Å². The van der Waals surface area contributed by atoms with Crippen molar-refractivity contribution in [3.63, 3.8) is 0 Å². The van der Waals surface area contributed by atoms with Crippen molar-refractivity contribution in [2.45, 2.75) is 6.18 Å². The summed E-state index contributed by atoms with van der Waals surface area (Å²) in [4.78, 5) is 1.60. The minimum absolute atomic E-state index is 0.0308. The fourth-order valence-electron chi connectivity index (χ4n) is 2.21. The first-order valence-electron chi connectivity index (χ1n) is 6.27. The third-order valence-corrected chi connectivity index (χ3v) is 3.35. The lowest BCUT2D eigenvalue weighted by Crippen LogP contribution is -2.38. The van der Waals surface area contributed by atoms with Gasteiger partial charge in [-0.05, 0) is 12.1 Å². The van der Waals surface area contributed by atoms with Crippen LogP contribution in [0.4, 0.5) is 23.2 Å². The molecule has 1 fully saturated rings. The van der Waals surface area contributed by atoms with Crippen LogP contribution in [0.2, 0.25) is 0 Å². The number of anilines is 1. The third kappa shape index (κ3) is 3.33. The molecule has 1 aromatic carbocycles. The minimum Gasteiger partial charge on any atom is -0.494 e. The molecule has 2 rings (SSSR count). The van der Waals surface area contributed by atoms with Gasteiger partial charge in [-0.3, -0.25) is 0 Å². The van der Waals surface area contributed by atoms with Crippen LogP contribution < -0.4 is 15.0 Å². The molecular weight excluding hydrogens is 276 g/mol. The summed E-state index contributed by atoms with van der Waals surface area (Å²) in [6, 6.07) is 4.10. The van der Waals surface area contributed by atoms with E-state index in [4.69, 9.17) is 4.74 Å². The van der Waals surface area contributed by atoms with Crippen LogP contribution in [0.25, 0.3) is 0 Å². The monoisotopic (exact) mass is 292 g/mol. The zero-order chi connectivity index (χ0) is 14.8. The van der Waals surface area contributed by atoms with Gasteiger partial charge in [-0.15, -0.1) is 0 Å². The molecule has 0 aromatic heterocycles.